The van der Waals surface area contributed by atoms with Crippen LogP contribution in [-0.4, -0.2) is 0 Å². The molecule has 0 amide bonds. The Labute approximate surface area is 83.7 Å². The Morgan fingerprint density at radius 3 is 2.54 bits per heavy atom. The Kier molecular flexibility index (Phi) is 9.18. The van der Waals surface area contributed by atoms with Gasteiger partial charge < -0.3 is 0 Å². The molecular formula is C13H24. The molecule has 0 radical (unpaired) electrons. The standard InChI is InChI=1S/C13H24/c1-4-7-8-9-12-13(10-5-2)11-6-3/h5,9,12-13H,2,4,6-8,10-11H2,1,3H3. The zero-order valence-electron chi connectivity index (χ0n) is 9.26. The molecule has 0 saturated carbocycles. The maximum absolute atomic E-state index is 3.79. The van der Waals surface area contributed by atoms with Gasteiger partial charge in [-0.1, -0.05) is 51.3 Å². The van der Waals surface area contributed by atoms with E-state index in [9.17, 15) is 0 Å². The van der Waals surface area contributed by atoms with E-state index in [2.05, 4.69) is 32.6 Å². The lowest BCUT2D eigenvalue weighted by atomic mass is 9.99. The van der Waals surface area contributed by atoms with Crippen molar-refractivity contribution in [1.29, 1.82) is 0 Å². The molecule has 1 unspecified atom stereocenters. The lowest BCUT2D eigenvalue weighted by molar-refractivity contribution is 0.586. The highest BCUT2D eigenvalue weighted by Gasteiger charge is 1.99. The molecule has 0 aromatic carbocycles. The third-order valence-electron chi connectivity index (χ3n) is 2.26. The average molecular weight is 180 g/mol. The molecule has 1 atom stereocenters. The molecule has 0 aliphatic rings. The van der Waals surface area contributed by atoms with Gasteiger partial charge >= 0.3 is 0 Å². The summed E-state index contributed by atoms with van der Waals surface area (Å²) in [6.45, 7) is 8.28. The van der Waals surface area contributed by atoms with Crippen molar-refractivity contribution in [3.63, 3.8) is 0 Å². The highest BCUT2D eigenvalue weighted by atomic mass is 14.0. The van der Waals surface area contributed by atoms with E-state index in [1.807, 2.05) is 6.08 Å². The lowest BCUT2D eigenvalue weighted by Crippen LogP contribution is -1.93. The van der Waals surface area contributed by atoms with Crippen LogP contribution in [0.1, 0.15) is 52.4 Å². The predicted octanol–water partition coefficient (Wildman–Crippen LogP) is 4.73. The molecule has 0 rings (SSSR count). The fourth-order valence-corrected chi connectivity index (χ4v) is 1.49. The third-order valence-corrected chi connectivity index (χ3v) is 2.26. The first kappa shape index (κ1) is 12.5. The molecule has 0 heterocycles. The Morgan fingerprint density at radius 1 is 1.23 bits per heavy atom. The summed E-state index contributed by atoms with van der Waals surface area (Å²) in [6, 6.07) is 0. The van der Waals surface area contributed by atoms with Gasteiger partial charge in [-0.05, 0) is 25.2 Å². The molecule has 0 heteroatoms. The van der Waals surface area contributed by atoms with Crippen LogP contribution in [0.2, 0.25) is 0 Å². The second-order valence-corrected chi connectivity index (χ2v) is 3.64. The molecule has 0 saturated heterocycles. The van der Waals surface area contributed by atoms with Crippen LogP contribution in [0, 0.1) is 5.92 Å². The van der Waals surface area contributed by atoms with Gasteiger partial charge in [0, 0.05) is 0 Å². The van der Waals surface area contributed by atoms with Gasteiger partial charge in [0.2, 0.25) is 0 Å². The summed E-state index contributed by atoms with van der Waals surface area (Å²) >= 11 is 0. The zero-order valence-corrected chi connectivity index (χ0v) is 9.26. The van der Waals surface area contributed by atoms with Gasteiger partial charge in [-0.25, -0.2) is 0 Å². The van der Waals surface area contributed by atoms with Gasteiger partial charge in [-0.3, -0.25) is 0 Å². The van der Waals surface area contributed by atoms with Crippen molar-refractivity contribution in [3.8, 4) is 0 Å². The second kappa shape index (κ2) is 9.57. The summed E-state index contributed by atoms with van der Waals surface area (Å²) in [5.41, 5.74) is 0. The van der Waals surface area contributed by atoms with Crippen molar-refractivity contribution in [2.75, 3.05) is 0 Å². The summed E-state index contributed by atoms with van der Waals surface area (Å²) in [7, 11) is 0. The van der Waals surface area contributed by atoms with E-state index in [1.165, 1.54) is 32.1 Å². The molecule has 0 fully saturated rings. The van der Waals surface area contributed by atoms with Crippen molar-refractivity contribution in [1.82, 2.24) is 0 Å². The van der Waals surface area contributed by atoms with Crippen LogP contribution in [0.5, 0.6) is 0 Å². The second-order valence-electron chi connectivity index (χ2n) is 3.64. The lowest BCUT2D eigenvalue weighted by Gasteiger charge is -2.07. The monoisotopic (exact) mass is 180 g/mol. The molecule has 0 aliphatic carbocycles. The van der Waals surface area contributed by atoms with Gasteiger partial charge in [-0.2, -0.15) is 0 Å². The first-order valence-electron chi connectivity index (χ1n) is 5.62. The SMILES string of the molecule is C=CCC(C=CCCCC)CCC. The molecule has 0 N–H and O–H groups in total. The van der Waals surface area contributed by atoms with Crippen molar-refractivity contribution < 1.29 is 0 Å². The quantitative estimate of drug-likeness (QED) is 0.374. The number of rotatable bonds is 8. The fraction of sp³-hybridized carbons (Fsp3) is 0.692. The smallest absolute Gasteiger partial charge is 0.0199 e. The minimum Gasteiger partial charge on any atom is -0.103 e. The first-order valence-corrected chi connectivity index (χ1v) is 5.62. The maximum atomic E-state index is 3.79. The van der Waals surface area contributed by atoms with E-state index in [-0.39, 0.29) is 0 Å². The summed E-state index contributed by atoms with van der Waals surface area (Å²) < 4.78 is 0. The normalized spacial score (nSPS) is 13.4. The largest absolute Gasteiger partial charge is 0.103 e. The Balaban J connectivity index is 3.64. The third kappa shape index (κ3) is 7.83. The molecule has 0 aromatic rings. The minimum atomic E-state index is 0.736. The summed E-state index contributed by atoms with van der Waals surface area (Å²) in [5.74, 6) is 0.736. The summed E-state index contributed by atoms with van der Waals surface area (Å²) in [6.07, 6.45) is 14.3. The molecule has 0 nitrogen and oxygen atoms in total. The van der Waals surface area contributed by atoms with E-state index in [1.54, 1.807) is 0 Å². The molecule has 76 valence electrons. The van der Waals surface area contributed by atoms with E-state index < -0.39 is 0 Å². The molecule has 0 spiro atoms. The summed E-state index contributed by atoms with van der Waals surface area (Å²) in [5, 5.41) is 0. The Morgan fingerprint density at radius 2 is 2.00 bits per heavy atom. The minimum absolute atomic E-state index is 0.736. The van der Waals surface area contributed by atoms with E-state index in [4.69, 9.17) is 0 Å². The van der Waals surface area contributed by atoms with Gasteiger partial charge in [0.05, 0.1) is 0 Å². The van der Waals surface area contributed by atoms with Crippen molar-refractivity contribution in [2.45, 2.75) is 52.4 Å². The van der Waals surface area contributed by atoms with Gasteiger partial charge in [0.15, 0.2) is 0 Å². The molecule has 13 heavy (non-hydrogen) atoms. The van der Waals surface area contributed by atoms with E-state index in [0.29, 0.717) is 0 Å². The number of hydrogen-bond acceptors (Lipinski definition) is 0. The molecular weight excluding hydrogens is 156 g/mol. The van der Waals surface area contributed by atoms with Gasteiger partial charge in [0.1, 0.15) is 0 Å². The Hall–Kier alpha value is -0.520. The average Bonchev–Trinajstić information content (AvgIpc) is 2.13. The number of unbranched alkanes of at least 4 members (excludes halogenated alkanes) is 2. The highest BCUT2D eigenvalue weighted by molar-refractivity contribution is 4.91. The van der Waals surface area contributed by atoms with Gasteiger partial charge in [0.25, 0.3) is 0 Å². The number of hydrogen-bond donors (Lipinski definition) is 0. The fourth-order valence-electron chi connectivity index (χ4n) is 1.49. The molecule has 0 aromatic heterocycles. The van der Waals surface area contributed by atoms with Crippen LogP contribution in [0.3, 0.4) is 0 Å². The highest BCUT2D eigenvalue weighted by Crippen LogP contribution is 2.13. The van der Waals surface area contributed by atoms with Gasteiger partial charge in [-0.15, -0.1) is 6.58 Å². The van der Waals surface area contributed by atoms with Crippen LogP contribution in [-0.2, 0) is 0 Å². The van der Waals surface area contributed by atoms with Crippen LogP contribution >= 0.6 is 0 Å². The van der Waals surface area contributed by atoms with Crippen LogP contribution in [0.25, 0.3) is 0 Å². The number of allylic oxidation sites excluding steroid dienone is 3. The van der Waals surface area contributed by atoms with Crippen molar-refractivity contribution in [2.24, 2.45) is 5.92 Å². The predicted molar refractivity (Wildman–Crippen MR) is 61.9 cm³/mol. The van der Waals surface area contributed by atoms with E-state index in [0.717, 1.165) is 12.3 Å². The summed E-state index contributed by atoms with van der Waals surface area (Å²) in [4.78, 5) is 0. The van der Waals surface area contributed by atoms with Crippen molar-refractivity contribution >= 4 is 0 Å². The van der Waals surface area contributed by atoms with Crippen molar-refractivity contribution in [3.05, 3.63) is 24.8 Å². The maximum Gasteiger partial charge on any atom is -0.0199 e. The zero-order chi connectivity index (χ0) is 9.94. The van der Waals surface area contributed by atoms with Crippen LogP contribution in [0.4, 0.5) is 0 Å². The van der Waals surface area contributed by atoms with E-state index >= 15 is 0 Å². The first-order chi connectivity index (χ1) is 6.35. The van der Waals surface area contributed by atoms with Crippen LogP contribution in [0.15, 0.2) is 24.8 Å². The topological polar surface area (TPSA) is 0 Å². The Bertz CT molecular complexity index is 133. The van der Waals surface area contributed by atoms with Crippen LogP contribution < -0.4 is 0 Å². The molecule has 0 aliphatic heterocycles. The molecule has 0 bridgehead atoms.